The lowest BCUT2D eigenvalue weighted by Gasteiger charge is -2.34. The highest BCUT2D eigenvalue weighted by molar-refractivity contribution is 6.00. The van der Waals surface area contributed by atoms with E-state index in [0.717, 1.165) is 50.5 Å². The highest BCUT2D eigenvalue weighted by atomic mass is 19.2. The second-order valence-corrected chi connectivity index (χ2v) is 9.49. The molecule has 2 aliphatic carbocycles. The summed E-state index contributed by atoms with van der Waals surface area (Å²) in [5.74, 6) is -9.54. The average Bonchev–Trinajstić information content (AvgIpc) is 3.21. The van der Waals surface area contributed by atoms with Crippen molar-refractivity contribution in [1.82, 2.24) is 0 Å². The molecule has 0 N–H and O–H groups in total. The molecule has 1 aromatic rings. The highest BCUT2D eigenvalue weighted by Crippen LogP contribution is 2.43. The molecule has 0 amide bonds. The summed E-state index contributed by atoms with van der Waals surface area (Å²) >= 11 is 0. The molecule has 3 rings (SSSR count). The molecule has 0 saturated heterocycles. The van der Waals surface area contributed by atoms with Crippen molar-refractivity contribution in [3.8, 4) is 0 Å². The number of oxime groups is 1. The van der Waals surface area contributed by atoms with E-state index in [0.29, 0.717) is 5.71 Å². The lowest BCUT2D eigenvalue weighted by atomic mass is 9.70. The molecular weight excluding hydrogens is 449 g/mol. The van der Waals surface area contributed by atoms with Crippen LogP contribution in [0.1, 0.15) is 71.3 Å². The van der Waals surface area contributed by atoms with E-state index in [2.05, 4.69) is 31.7 Å². The summed E-state index contributed by atoms with van der Waals surface area (Å²) in [4.78, 5) is 5.20. The maximum absolute atomic E-state index is 14.0. The number of halogens is 5. The van der Waals surface area contributed by atoms with Crippen LogP contribution in [-0.2, 0) is 11.4 Å². The molecule has 0 fully saturated rings. The Morgan fingerprint density at radius 3 is 2.32 bits per heavy atom. The first-order chi connectivity index (χ1) is 16.1. The number of hydrogen-bond acceptors (Lipinski definition) is 2. The highest BCUT2D eigenvalue weighted by Gasteiger charge is 2.37. The van der Waals surface area contributed by atoms with Gasteiger partial charge in [0.2, 0.25) is 5.82 Å². The van der Waals surface area contributed by atoms with Gasteiger partial charge >= 0.3 is 0 Å². The van der Waals surface area contributed by atoms with Crippen LogP contribution in [0.5, 0.6) is 0 Å². The van der Waals surface area contributed by atoms with Gasteiger partial charge in [-0.3, -0.25) is 0 Å². The van der Waals surface area contributed by atoms with Crippen LogP contribution in [0.4, 0.5) is 22.0 Å². The van der Waals surface area contributed by atoms with E-state index < -0.39 is 41.3 Å². The van der Waals surface area contributed by atoms with E-state index in [-0.39, 0.29) is 17.8 Å². The molecule has 2 unspecified atom stereocenters. The zero-order chi connectivity index (χ0) is 25.0. The monoisotopic (exact) mass is 481 g/mol. The van der Waals surface area contributed by atoms with Crippen LogP contribution in [0.15, 0.2) is 40.6 Å². The third-order valence-electron chi connectivity index (χ3n) is 6.88. The van der Waals surface area contributed by atoms with E-state index in [1.165, 1.54) is 11.1 Å². The normalized spacial score (nSPS) is 23.8. The molecule has 0 spiro atoms. The van der Waals surface area contributed by atoms with Gasteiger partial charge in [0, 0.05) is 5.92 Å². The summed E-state index contributed by atoms with van der Waals surface area (Å²) in [5, 5.41) is 4.15. The summed E-state index contributed by atoms with van der Waals surface area (Å²) in [6, 6.07) is 0. The Morgan fingerprint density at radius 2 is 1.71 bits per heavy atom. The first kappa shape index (κ1) is 26.2. The van der Waals surface area contributed by atoms with Crippen LogP contribution in [0.2, 0.25) is 0 Å². The quantitative estimate of drug-likeness (QED) is 0.0868. The first-order valence-electron chi connectivity index (χ1n) is 11.9. The molecule has 186 valence electrons. The van der Waals surface area contributed by atoms with Crippen LogP contribution in [0.25, 0.3) is 0 Å². The van der Waals surface area contributed by atoms with Crippen LogP contribution < -0.4 is 0 Å². The fourth-order valence-corrected chi connectivity index (χ4v) is 4.99. The summed E-state index contributed by atoms with van der Waals surface area (Å²) in [6.45, 7) is 9.57. The molecule has 2 nitrogen and oxygen atoms in total. The zero-order valence-electron chi connectivity index (χ0n) is 20.0. The third kappa shape index (κ3) is 5.61. The van der Waals surface area contributed by atoms with E-state index in [1.54, 1.807) is 0 Å². The zero-order valence-corrected chi connectivity index (χ0v) is 20.0. The minimum atomic E-state index is -2.19. The van der Waals surface area contributed by atoms with Crippen molar-refractivity contribution in [3.63, 3.8) is 0 Å². The number of rotatable bonds is 9. The standard InChI is InChI=1S/C27H32F5NO/c1-5-6-7-8-17-12-20(19-11-16(4)9-10-18(19)15(2)3)22(13-17)33-34-14-21-23(28)25(30)27(32)26(31)24(21)29/h11,13,18-20H,2,5-10,12,14H2,1,3-4H3/b33-22+/t18-,19?,20?/m0/s1. The number of hydrogen-bond donors (Lipinski definition) is 0. The Labute approximate surface area is 198 Å². The Morgan fingerprint density at radius 1 is 1.06 bits per heavy atom. The number of unbranched alkanes of at least 4 members (excludes halogenated alkanes) is 2. The van der Waals surface area contributed by atoms with Gasteiger partial charge in [0.1, 0.15) is 6.61 Å². The molecule has 0 bridgehead atoms. The topological polar surface area (TPSA) is 21.6 Å². The van der Waals surface area contributed by atoms with Gasteiger partial charge < -0.3 is 4.84 Å². The van der Waals surface area contributed by atoms with Gasteiger partial charge in [-0.05, 0) is 63.9 Å². The molecule has 0 aliphatic heterocycles. The average molecular weight is 482 g/mol. The van der Waals surface area contributed by atoms with Gasteiger partial charge in [-0.25, -0.2) is 22.0 Å². The van der Waals surface area contributed by atoms with Crippen molar-refractivity contribution in [2.75, 3.05) is 0 Å². The van der Waals surface area contributed by atoms with Gasteiger partial charge in [-0.1, -0.05) is 54.3 Å². The second kappa shape index (κ2) is 11.3. The van der Waals surface area contributed by atoms with Crippen LogP contribution in [-0.4, -0.2) is 5.71 Å². The van der Waals surface area contributed by atoms with Gasteiger partial charge in [0.05, 0.1) is 11.3 Å². The number of allylic oxidation sites excluding steroid dienone is 5. The molecule has 0 heterocycles. The molecule has 7 heteroatoms. The van der Waals surface area contributed by atoms with Crippen molar-refractivity contribution in [1.29, 1.82) is 0 Å². The van der Waals surface area contributed by atoms with E-state index in [1.807, 2.05) is 13.0 Å². The van der Waals surface area contributed by atoms with E-state index >= 15 is 0 Å². The van der Waals surface area contributed by atoms with Crippen LogP contribution in [0, 0.1) is 46.8 Å². The van der Waals surface area contributed by atoms with Crippen molar-refractivity contribution < 1.29 is 26.8 Å². The summed E-state index contributed by atoms with van der Waals surface area (Å²) in [5.41, 5.74) is 3.22. The molecule has 3 atom stereocenters. The SMILES string of the molecule is C=C(C)[C@@H]1CCC(C)=CC1C1CC(CCCCC)=C/C1=N\OCc1c(F)c(F)c(F)c(F)c1F. The van der Waals surface area contributed by atoms with Crippen molar-refractivity contribution >= 4 is 5.71 Å². The molecular formula is C27H32F5NO. The first-order valence-corrected chi connectivity index (χ1v) is 11.9. The van der Waals surface area contributed by atoms with Gasteiger partial charge in [-0.15, -0.1) is 0 Å². The summed E-state index contributed by atoms with van der Waals surface area (Å²) in [7, 11) is 0. The van der Waals surface area contributed by atoms with Crippen molar-refractivity contribution in [2.45, 2.75) is 72.3 Å². The molecule has 1 aromatic carbocycles. The molecule has 34 heavy (non-hydrogen) atoms. The Kier molecular flexibility index (Phi) is 8.72. The number of benzene rings is 1. The van der Waals surface area contributed by atoms with E-state index in [9.17, 15) is 22.0 Å². The van der Waals surface area contributed by atoms with Crippen LogP contribution in [0.3, 0.4) is 0 Å². The Hall–Kier alpha value is -2.44. The lowest BCUT2D eigenvalue weighted by molar-refractivity contribution is 0.121. The second-order valence-electron chi connectivity index (χ2n) is 9.49. The Bertz CT molecular complexity index is 997. The largest absolute Gasteiger partial charge is 0.390 e. The van der Waals surface area contributed by atoms with Gasteiger partial charge in [0.25, 0.3) is 0 Å². The van der Waals surface area contributed by atoms with Crippen molar-refractivity contribution in [3.05, 3.63) is 70.1 Å². The molecule has 0 saturated carbocycles. The minimum Gasteiger partial charge on any atom is -0.390 e. The summed E-state index contributed by atoms with van der Waals surface area (Å²) in [6.07, 6.45) is 11.2. The maximum Gasteiger partial charge on any atom is 0.200 e. The van der Waals surface area contributed by atoms with Gasteiger partial charge in [-0.2, -0.15) is 0 Å². The minimum absolute atomic E-state index is 0.00459. The predicted molar refractivity (Wildman–Crippen MR) is 124 cm³/mol. The molecule has 0 radical (unpaired) electrons. The molecule has 2 aliphatic rings. The lowest BCUT2D eigenvalue weighted by Crippen LogP contribution is -2.29. The Balaban J connectivity index is 1.87. The molecule has 0 aromatic heterocycles. The third-order valence-corrected chi connectivity index (χ3v) is 6.88. The summed E-state index contributed by atoms with van der Waals surface area (Å²) < 4.78 is 68.4. The van der Waals surface area contributed by atoms with Crippen molar-refractivity contribution in [2.24, 2.45) is 22.9 Å². The maximum atomic E-state index is 14.0. The van der Waals surface area contributed by atoms with E-state index in [4.69, 9.17) is 4.84 Å². The smallest absolute Gasteiger partial charge is 0.200 e. The number of nitrogens with zero attached hydrogens (tertiary/aromatic N) is 1. The van der Waals surface area contributed by atoms with Crippen LogP contribution >= 0.6 is 0 Å². The fourth-order valence-electron chi connectivity index (χ4n) is 4.99. The fraction of sp³-hybridized carbons (Fsp3) is 0.519. The predicted octanol–water partition coefficient (Wildman–Crippen LogP) is 8.33. The van der Waals surface area contributed by atoms with Gasteiger partial charge in [0.15, 0.2) is 23.3 Å².